The first-order valence-electron chi connectivity index (χ1n) is 10.2. The van der Waals surface area contributed by atoms with Crippen molar-refractivity contribution in [2.45, 2.75) is 71.9 Å². The predicted molar refractivity (Wildman–Crippen MR) is 98.9 cm³/mol. The lowest BCUT2D eigenvalue weighted by Gasteiger charge is -2.41. The normalized spacial score (nSPS) is 28.4. The highest BCUT2D eigenvalue weighted by Crippen LogP contribution is 2.41. The SMILES string of the molecule is CC(C)N1CCC(CN2CCC3(CCN(C(C)C)CC3)C2)CC1. The first-order valence-corrected chi connectivity index (χ1v) is 10.2. The smallest absolute Gasteiger partial charge is 0.00395 e. The maximum Gasteiger partial charge on any atom is 0.00395 e. The molecular formula is C20H39N3. The van der Waals surface area contributed by atoms with Gasteiger partial charge in [-0.2, -0.15) is 0 Å². The molecule has 3 heteroatoms. The van der Waals surface area contributed by atoms with Crippen molar-refractivity contribution < 1.29 is 0 Å². The van der Waals surface area contributed by atoms with Gasteiger partial charge >= 0.3 is 0 Å². The maximum absolute atomic E-state index is 2.82. The average molecular weight is 322 g/mol. The maximum atomic E-state index is 2.82. The van der Waals surface area contributed by atoms with E-state index in [0.29, 0.717) is 5.41 Å². The molecule has 0 saturated carbocycles. The number of hydrogen-bond acceptors (Lipinski definition) is 3. The largest absolute Gasteiger partial charge is 0.302 e. The Bertz CT molecular complexity index is 363. The number of nitrogens with zero attached hydrogens (tertiary/aromatic N) is 3. The van der Waals surface area contributed by atoms with Gasteiger partial charge in [-0.25, -0.2) is 0 Å². The molecule has 3 saturated heterocycles. The van der Waals surface area contributed by atoms with Crippen molar-refractivity contribution in [3.8, 4) is 0 Å². The zero-order valence-corrected chi connectivity index (χ0v) is 16.1. The van der Waals surface area contributed by atoms with Crippen LogP contribution in [-0.4, -0.2) is 72.6 Å². The zero-order chi connectivity index (χ0) is 16.4. The van der Waals surface area contributed by atoms with Crippen molar-refractivity contribution in [1.82, 2.24) is 14.7 Å². The molecule has 1 spiro atoms. The van der Waals surface area contributed by atoms with E-state index in [-0.39, 0.29) is 0 Å². The molecule has 3 aliphatic heterocycles. The summed E-state index contributed by atoms with van der Waals surface area (Å²) in [7, 11) is 0. The summed E-state index contributed by atoms with van der Waals surface area (Å²) in [6.45, 7) is 18.8. The summed E-state index contributed by atoms with van der Waals surface area (Å²) >= 11 is 0. The van der Waals surface area contributed by atoms with Gasteiger partial charge in [0.1, 0.15) is 0 Å². The lowest BCUT2D eigenvalue weighted by atomic mass is 9.77. The fourth-order valence-electron chi connectivity index (χ4n) is 5.12. The van der Waals surface area contributed by atoms with E-state index in [0.717, 1.165) is 18.0 Å². The molecule has 3 fully saturated rings. The van der Waals surface area contributed by atoms with Crippen LogP contribution in [0.5, 0.6) is 0 Å². The molecule has 0 bridgehead atoms. The molecule has 134 valence electrons. The van der Waals surface area contributed by atoms with E-state index in [1.54, 1.807) is 0 Å². The Morgan fingerprint density at radius 2 is 1.30 bits per heavy atom. The monoisotopic (exact) mass is 321 g/mol. The molecule has 3 rings (SSSR count). The molecular weight excluding hydrogens is 282 g/mol. The van der Waals surface area contributed by atoms with E-state index in [9.17, 15) is 0 Å². The summed E-state index contributed by atoms with van der Waals surface area (Å²) in [5, 5.41) is 0. The van der Waals surface area contributed by atoms with Crippen LogP contribution < -0.4 is 0 Å². The Morgan fingerprint density at radius 3 is 1.87 bits per heavy atom. The van der Waals surface area contributed by atoms with Gasteiger partial charge in [0.2, 0.25) is 0 Å². The van der Waals surface area contributed by atoms with E-state index < -0.39 is 0 Å². The van der Waals surface area contributed by atoms with Crippen molar-refractivity contribution in [2.24, 2.45) is 11.3 Å². The van der Waals surface area contributed by atoms with Gasteiger partial charge in [0.15, 0.2) is 0 Å². The van der Waals surface area contributed by atoms with Crippen LogP contribution in [0.4, 0.5) is 0 Å². The minimum atomic E-state index is 0.671. The van der Waals surface area contributed by atoms with Crippen LogP contribution in [0.15, 0.2) is 0 Å². The summed E-state index contributed by atoms with van der Waals surface area (Å²) in [5.74, 6) is 0.955. The Kier molecular flexibility index (Phi) is 5.70. The molecule has 0 radical (unpaired) electrons. The lowest BCUT2D eigenvalue weighted by Crippen LogP contribution is -2.45. The minimum Gasteiger partial charge on any atom is -0.302 e. The zero-order valence-electron chi connectivity index (χ0n) is 16.1. The molecule has 0 aromatic carbocycles. The van der Waals surface area contributed by atoms with E-state index in [4.69, 9.17) is 0 Å². The summed E-state index contributed by atoms with van der Waals surface area (Å²) < 4.78 is 0. The molecule has 0 aromatic rings. The van der Waals surface area contributed by atoms with Gasteiger partial charge in [0.25, 0.3) is 0 Å². The molecule has 0 aromatic heterocycles. The van der Waals surface area contributed by atoms with Crippen molar-refractivity contribution in [1.29, 1.82) is 0 Å². The van der Waals surface area contributed by atoms with Gasteiger partial charge < -0.3 is 14.7 Å². The fraction of sp³-hybridized carbons (Fsp3) is 1.00. The predicted octanol–water partition coefficient (Wildman–Crippen LogP) is 3.30. The minimum absolute atomic E-state index is 0.671. The van der Waals surface area contributed by atoms with Gasteiger partial charge in [-0.15, -0.1) is 0 Å². The number of hydrogen-bond donors (Lipinski definition) is 0. The van der Waals surface area contributed by atoms with Gasteiger partial charge in [-0.05, 0) is 104 Å². The lowest BCUT2D eigenvalue weighted by molar-refractivity contribution is 0.0808. The highest BCUT2D eigenvalue weighted by molar-refractivity contribution is 4.95. The molecule has 0 aliphatic carbocycles. The first kappa shape index (κ1) is 17.7. The molecule has 23 heavy (non-hydrogen) atoms. The van der Waals surface area contributed by atoms with Crippen molar-refractivity contribution >= 4 is 0 Å². The second-order valence-corrected chi connectivity index (χ2v) is 9.19. The second-order valence-electron chi connectivity index (χ2n) is 9.19. The number of likely N-dealkylation sites (tertiary alicyclic amines) is 3. The Balaban J connectivity index is 1.42. The van der Waals surface area contributed by atoms with Crippen LogP contribution in [0.25, 0.3) is 0 Å². The average Bonchev–Trinajstić information content (AvgIpc) is 2.90. The summed E-state index contributed by atoms with van der Waals surface area (Å²) in [4.78, 5) is 8.15. The van der Waals surface area contributed by atoms with Gasteiger partial charge in [-0.3, -0.25) is 0 Å². The van der Waals surface area contributed by atoms with Crippen molar-refractivity contribution in [3.63, 3.8) is 0 Å². The van der Waals surface area contributed by atoms with E-state index >= 15 is 0 Å². The number of rotatable bonds is 4. The summed E-state index contributed by atoms with van der Waals surface area (Å²) in [5.41, 5.74) is 0.671. The third-order valence-corrected chi connectivity index (χ3v) is 7.00. The van der Waals surface area contributed by atoms with Crippen LogP contribution >= 0.6 is 0 Å². The highest BCUT2D eigenvalue weighted by Gasteiger charge is 2.41. The molecule has 0 amide bonds. The second kappa shape index (κ2) is 7.41. The highest BCUT2D eigenvalue weighted by atomic mass is 15.2. The van der Waals surface area contributed by atoms with E-state index in [1.165, 1.54) is 77.9 Å². The molecule has 0 atom stereocenters. The van der Waals surface area contributed by atoms with Crippen LogP contribution in [0, 0.1) is 11.3 Å². The quantitative estimate of drug-likeness (QED) is 0.786. The third kappa shape index (κ3) is 4.29. The Morgan fingerprint density at radius 1 is 0.783 bits per heavy atom. The number of piperidine rings is 2. The van der Waals surface area contributed by atoms with E-state index in [1.807, 2.05) is 0 Å². The molecule has 3 heterocycles. The first-order chi connectivity index (χ1) is 11.0. The summed E-state index contributed by atoms with van der Waals surface area (Å²) in [6, 6.07) is 1.47. The van der Waals surface area contributed by atoms with E-state index in [2.05, 4.69) is 42.4 Å². The Labute approximate surface area is 144 Å². The van der Waals surface area contributed by atoms with Crippen LogP contribution in [0.3, 0.4) is 0 Å². The molecule has 3 aliphatic rings. The summed E-state index contributed by atoms with van der Waals surface area (Å²) in [6.07, 6.45) is 7.18. The standard InChI is InChI=1S/C20H39N3/c1-17(2)22-10-5-19(6-11-22)15-21-12-7-20(16-21)8-13-23(14-9-20)18(3)4/h17-19H,5-16H2,1-4H3. The topological polar surface area (TPSA) is 9.72 Å². The van der Waals surface area contributed by atoms with Gasteiger partial charge in [-0.1, -0.05) is 0 Å². The van der Waals surface area contributed by atoms with Crippen LogP contribution in [-0.2, 0) is 0 Å². The molecule has 3 nitrogen and oxygen atoms in total. The molecule has 0 N–H and O–H groups in total. The van der Waals surface area contributed by atoms with Crippen molar-refractivity contribution in [3.05, 3.63) is 0 Å². The third-order valence-electron chi connectivity index (χ3n) is 7.00. The van der Waals surface area contributed by atoms with Crippen molar-refractivity contribution in [2.75, 3.05) is 45.8 Å². The molecule has 0 unspecified atom stereocenters. The Hall–Kier alpha value is -0.120. The van der Waals surface area contributed by atoms with Crippen LogP contribution in [0.2, 0.25) is 0 Å². The van der Waals surface area contributed by atoms with Gasteiger partial charge in [0.05, 0.1) is 0 Å². The fourth-order valence-corrected chi connectivity index (χ4v) is 5.12. The van der Waals surface area contributed by atoms with Crippen LogP contribution in [0.1, 0.15) is 59.8 Å². The van der Waals surface area contributed by atoms with Gasteiger partial charge in [0, 0.05) is 25.2 Å².